The molecule has 1 N–H and O–H groups in total. The number of benzene rings is 2. The average molecular weight is 300 g/mol. The van der Waals surface area contributed by atoms with E-state index in [1.807, 2.05) is 0 Å². The Kier molecular flexibility index (Phi) is 5.67. The van der Waals surface area contributed by atoms with E-state index < -0.39 is 0 Å². The predicted molar refractivity (Wildman–Crippen MR) is 97.0 cm³/mol. The van der Waals surface area contributed by atoms with Crippen LogP contribution in [0.1, 0.15) is 33.3 Å². The molecule has 0 aromatic heterocycles. The van der Waals surface area contributed by atoms with Crippen molar-refractivity contribution in [2.24, 2.45) is 0 Å². The molecule has 3 nitrogen and oxygen atoms in total. The zero-order valence-corrected chi connectivity index (χ0v) is 14.3. The number of hydrogen-bond acceptors (Lipinski definition) is 3. The van der Waals surface area contributed by atoms with Gasteiger partial charge >= 0.3 is 0 Å². The van der Waals surface area contributed by atoms with Gasteiger partial charge in [-0.3, -0.25) is 0 Å². The Morgan fingerprint density at radius 1 is 0.773 bits per heavy atom. The number of anilines is 2. The lowest BCUT2D eigenvalue weighted by Crippen LogP contribution is -2.25. The van der Waals surface area contributed by atoms with E-state index in [1.54, 1.807) is 0 Å². The molecule has 0 fully saturated rings. The van der Waals surface area contributed by atoms with Crippen LogP contribution in [0.2, 0.25) is 0 Å². The van der Waals surface area contributed by atoms with Crippen molar-refractivity contribution < 1.29 is 5.11 Å². The van der Waals surface area contributed by atoms with E-state index in [9.17, 15) is 5.11 Å². The van der Waals surface area contributed by atoms with Crippen molar-refractivity contribution in [2.75, 3.05) is 36.0 Å². The molecule has 0 aliphatic heterocycles. The fraction of sp³-hybridized carbons (Fsp3) is 0.474. The maximum absolute atomic E-state index is 9.70. The topological polar surface area (TPSA) is 26.7 Å². The molecule has 0 radical (unpaired) electrons. The highest BCUT2D eigenvalue weighted by atomic mass is 16.3. The Balaban J connectivity index is 2.80. The Bertz CT molecular complexity index is 598. The van der Waals surface area contributed by atoms with Gasteiger partial charge in [0.1, 0.15) is 0 Å². The van der Waals surface area contributed by atoms with Crippen LogP contribution in [-0.2, 0) is 6.61 Å². The first-order valence-electron chi connectivity index (χ1n) is 8.37. The summed E-state index contributed by atoms with van der Waals surface area (Å²) in [5, 5.41) is 12.1. The van der Waals surface area contributed by atoms with Gasteiger partial charge in [0.2, 0.25) is 0 Å². The monoisotopic (exact) mass is 300 g/mol. The normalized spacial score (nSPS) is 11.0. The summed E-state index contributed by atoms with van der Waals surface area (Å²) >= 11 is 0. The Hall–Kier alpha value is -1.74. The summed E-state index contributed by atoms with van der Waals surface area (Å²) in [4.78, 5) is 4.77. The number of nitrogens with zero attached hydrogens (tertiary/aromatic N) is 2. The van der Waals surface area contributed by atoms with Crippen LogP contribution < -0.4 is 9.80 Å². The summed E-state index contributed by atoms with van der Waals surface area (Å²) in [7, 11) is 0. The first-order chi connectivity index (χ1) is 10.7. The average Bonchev–Trinajstić information content (AvgIpc) is 2.57. The van der Waals surface area contributed by atoms with Crippen LogP contribution in [0.4, 0.5) is 11.4 Å². The van der Waals surface area contributed by atoms with Gasteiger partial charge < -0.3 is 14.9 Å². The molecule has 0 spiro atoms. The standard InChI is InChI=1S/C19H28N2O/c1-5-20(6-2)17-11-9-10-16-15(14-22)12-13-18(19(16)17)21(7-3)8-4/h9-13,22H,5-8,14H2,1-4H3. The van der Waals surface area contributed by atoms with Crippen molar-refractivity contribution >= 4 is 22.1 Å². The lowest BCUT2D eigenvalue weighted by molar-refractivity contribution is 0.283. The van der Waals surface area contributed by atoms with E-state index in [2.05, 4.69) is 67.8 Å². The van der Waals surface area contributed by atoms with Crippen molar-refractivity contribution in [3.63, 3.8) is 0 Å². The van der Waals surface area contributed by atoms with Gasteiger partial charge in [-0.2, -0.15) is 0 Å². The molecule has 0 aliphatic carbocycles. The highest BCUT2D eigenvalue weighted by molar-refractivity contribution is 6.05. The molecule has 0 unspecified atom stereocenters. The molecule has 0 bridgehead atoms. The van der Waals surface area contributed by atoms with Gasteiger partial charge in [0.25, 0.3) is 0 Å². The molecule has 120 valence electrons. The largest absolute Gasteiger partial charge is 0.392 e. The van der Waals surface area contributed by atoms with Crippen molar-refractivity contribution in [1.82, 2.24) is 0 Å². The van der Waals surface area contributed by atoms with E-state index in [0.717, 1.165) is 37.1 Å². The first kappa shape index (κ1) is 16.6. The van der Waals surface area contributed by atoms with Crippen LogP contribution in [-0.4, -0.2) is 31.3 Å². The molecule has 0 saturated carbocycles. The molecule has 2 rings (SSSR count). The fourth-order valence-electron chi connectivity index (χ4n) is 3.22. The molecule has 22 heavy (non-hydrogen) atoms. The van der Waals surface area contributed by atoms with Crippen molar-refractivity contribution in [2.45, 2.75) is 34.3 Å². The molecular weight excluding hydrogens is 272 g/mol. The minimum Gasteiger partial charge on any atom is -0.392 e. The third-order valence-corrected chi connectivity index (χ3v) is 4.47. The predicted octanol–water partition coefficient (Wildman–Crippen LogP) is 4.02. The lowest BCUT2D eigenvalue weighted by atomic mass is 10.00. The van der Waals surface area contributed by atoms with Gasteiger partial charge in [-0.05, 0) is 50.8 Å². The molecule has 0 heterocycles. The number of fused-ring (bicyclic) bond motifs is 1. The Morgan fingerprint density at radius 2 is 1.32 bits per heavy atom. The highest BCUT2D eigenvalue weighted by Crippen LogP contribution is 2.37. The van der Waals surface area contributed by atoms with E-state index in [0.29, 0.717) is 0 Å². The number of rotatable bonds is 7. The smallest absolute Gasteiger partial charge is 0.0687 e. The summed E-state index contributed by atoms with van der Waals surface area (Å²) in [6.07, 6.45) is 0. The number of aliphatic hydroxyl groups excluding tert-OH is 1. The summed E-state index contributed by atoms with van der Waals surface area (Å²) in [5.41, 5.74) is 3.53. The van der Waals surface area contributed by atoms with Crippen LogP contribution in [0.25, 0.3) is 10.8 Å². The molecule has 0 aliphatic rings. The summed E-state index contributed by atoms with van der Waals surface area (Å²) in [6.45, 7) is 12.8. The number of aliphatic hydroxyl groups is 1. The highest BCUT2D eigenvalue weighted by Gasteiger charge is 2.15. The van der Waals surface area contributed by atoms with Gasteiger partial charge in [-0.15, -0.1) is 0 Å². The molecule has 0 atom stereocenters. The zero-order chi connectivity index (χ0) is 16.1. The second-order valence-electron chi connectivity index (χ2n) is 5.45. The maximum Gasteiger partial charge on any atom is 0.0687 e. The van der Waals surface area contributed by atoms with Crippen LogP contribution in [0, 0.1) is 0 Å². The van der Waals surface area contributed by atoms with Crippen LogP contribution in [0.3, 0.4) is 0 Å². The lowest BCUT2D eigenvalue weighted by Gasteiger charge is -2.29. The second-order valence-corrected chi connectivity index (χ2v) is 5.45. The van der Waals surface area contributed by atoms with Crippen molar-refractivity contribution in [3.05, 3.63) is 35.9 Å². The summed E-state index contributed by atoms with van der Waals surface area (Å²) in [6, 6.07) is 10.6. The van der Waals surface area contributed by atoms with Gasteiger partial charge in [0, 0.05) is 42.9 Å². The summed E-state index contributed by atoms with van der Waals surface area (Å²) in [5.74, 6) is 0. The van der Waals surface area contributed by atoms with Crippen LogP contribution >= 0.6 is 0 Å². The minimum absolute atomic E-state index is 0.0801. The third-order valence-electron chi connectivity index (χ3n) is 4.47. The second kappa shape index (κ2) is 7.50. The molecule has 0 amide bonds. The zero-order valence-electron chi connectivity index (χ0n) is 14.3. The fourth-order valence-corrected chi connectivity index (χ4v) is 3.22. The van der Waals surface area contributed by atoms with E-state index >= 15 is 0 Å². The molecule has 2 aromatic carbocycles. The van der Waals surface area contributed by atoms with Crippen LogP contribution in [0.15, 0.2) is 30.3 Å². The first-order valence-corrected chi connectivity index (χ1v) is 8.37. The maximum atomic E-state index is 9.70. The quantitative estimate of drug-likeness (QED) is 0.836. The third kappa shape index (κ3) is 2.91. The molecule has 2 aromatic rings. The number of hydrogen-bond donors (Lipinski definition) is 1. The van der Waals surface area contributed by atoms with E-state index in [-0.39, 0.29) is 6.61 Å². The van der Waals surface area contributed by atoms with Gasteiger partial charge in [-0.1, -0.05) is 18.2 Å². The molecule has 3 heteroatoms. The molecule has 0 saturated heterocycles. The Labute approximate surface area is 134 Å². The molecular formula is C19H28N2O. The van der Waals surface area contributed by atoms with Crippen molar-refractivity contribution in [1.29, 1.82) is 0 Å². The van der Waals surface area contributed by atoms with Gasteiger partial charge in [0.15, 0.2) is 0 Å². The van der Waals surface area contributed by atoms with E-state index in [1.165, 1.54) is 16.8 Å². The van der Waals surface area contributed by atoms with Gasteiger partial charge in [0.05, 0.1) is 6.61 Å². The van der Waals surface area contributed by atoms with Crippen LogP contribution in [0.5, 0.6) is 0 Å². The van der Waals surface area contributed by atoms with Gasteiger partial charge in [-0.25, -0.2) is 0 Å². The SMILES string of the molecule is CCN(CC)c1cccc2c(CO)ccc(N(CC)CC)c12. The van der Waals surface area contributed by atoms with Crippen molar-refractivity contribution in [3.8, 4) is 0 Å². The Morgan fingerprint density at radius 3 is 1.82 bits per heavy atom. The summed E-state index contributed by atoms with van der Waals surface area (Å²) < 4.78 is 0. The minimum atomic E-state index is 0.0801. The van der Waals surface area contributed by atoms with E-state index in [4.69, 9.17) is 0 Å².